The zero-order valence-electron chi connectivity index (χ0n) is 18.2. The monoisotopic (exact) mass is 445 g/mol. The van der Waals surface area contributed by atoms with Crippen molar-refractivity contribution in [2.45, 2.75) is 45.1 Å². The van der Waals surface area contributed by atoms with E-state index >= 15 is 0 Å². The molecule has 0 aliphatic rings. The van der Waals surface area contributed by atoms with Crippen molar-refractivity contribution in [2.24, 2.45) is 13.0 Å². The first-order valence-electron chi connectivity index (χ1n) is 9.97. The van der Waals surface area contributed by atoms with Crippen LogP contribution in [-0.4, -0.2) is 24.9 Å². The molecule has 1 aromatic heterocycles. The van der Waals surface area contributed by atoms with Crippen molar-refractivity contribution >= 4 is 32.7 Å². The summed E-state index contributed by atoms with van der Waals surface area (Å²) >= 11 is 0. The molecular weight excluding hydrogens is 418 g/mol. The first kappa shape index (κ1) is 22.8. The maximum Gasteiger partial charge on any atom is 0.419 e. The highest BCUT2D eigenvalue weighted by molar-refractivity contribution is 7.89. The summed E-state index contributed by atoms with van der Waals surface area (Å²) in [6, 6.07) is 8.85. The van der Waals surface area contributed by atoms with Gasteiger partial charge in [-0.15, -0.1) is 0 Å². The molecule has 1 atom stereocenters. The van der Waals surface area contributed by atoms with Gasteiger partial charge in [-0.3, -0.25) is 9.36 Å². The molecule has 31 heavy (non-hydrogen) atoms. The number of hydrogen-bond donors (Lipinski definition) is 2. The molecule has 3 rings (SSSR count). The second-order valence-electron chi connectivity index (χ2n) is 8.23. The average Bonchev–Trinajstić information content (AvgIpc) is 2.93. The van der Waals surface area contributed by atoms with Crippen LogP contribution in [0, 0.1) is 19.8 Å². The lowest BCUT2D eigenvalue weighted by atomic mass is 10.0. The Morgan fingerprint density at radius 2 is 1.74 bits per heavy atom. The highest BCUT2D eigenvalue weighted by Crippen LogP contribution is 2.20. The van der Waals surface area contributed by atoms with Crippen LogP contribution in [0.2, 0.25) is 0 Å². The Kier molecular flexibility index (Phi) is 6.38. The molecule has 2 aromatic carbocycles. The first-order valence-corrected chi connectivity index (χ1v) is 11.5. The molecule has 0 bridgehead atoms. The van der Waals surface area contributed by atoms with Crippen LogP contribution in [-0.2, 0) is 21.9 Å². The number of rotatable bonds is 7. The predicted octanol–water partition coefficient (Wildman–Crippen LogP) is 3.08. The standard InChI is InChI=1S/C22H27N3O5S/c1-13(2)8-18(21(26)23-16-10-14(3)9-15(4)11-16)24-31(28,29)17-6-7-19-20(12-17)30-22(27)25(19)5/h6-7,9-13,18,24H,8H2,1-5H3,(H,23,26)/t18-/m1/s1. The van der Waals surface area contributed by atoms with Crippen LogP contribution >= 0.6 is 0 Å². The Bertz CT molecular complexity index is 1270. The van der Waals surface area contributed by atoms with Crippen LogP contribution in [0.1, 0.15) is 31.4 Å². The molecule has 0 radical (unpaired) electrons. The zero-order valence-corrected chi connectivity index (χ0v) is 19.0. The van der Waals surface area contributed by atoms with Gasteiger partial charge in [0.15, 0.2) is 5.58 Å². The summed E-state index contributed by atoms with van der Waals surface area (Å²) in [5.41, 5.74) is 3.25. The Labute approximate surface area is 181 Å². The van der Waals surface area contributed by atoms with E-state index < -0.39 is 27.7 Å². The third kappa shape index (κ3) is 5.23. The highest BCUT2D eigenvalue weighted by Gasteiger charge is 2.27. The van der Waals surface area contributed by atoms with Crippen molar-refractivity contribution in [1.29, 1.82) is 0 Å². The number of amides is 1. The van der Waals surface area contributed by atoms with Gasteiger partial charge in [0.1, 0.15) is 6.04 Å². The van der Waals surface area contributed by atoms with Gasteiger partial charge in [-0.1, -0.05) is 19.9 Å². The number of oxazole rings is 1. The molecule has 166 valence electrons. The van der Waals surface area contributed by atoms with Crippen molar-refractivity contribution in [1.82, 2.24) is 9.29 Å². The first-order chi connectivity index (χ1) is 14.5. The van der Waals surface area contributed by atoms with Crippen molar-refractivity contribution in [2.75, 3.05) is 5.32 Å². The van der Waals surface area contributed by atoms with Gasteiger partial charge in [0, 0.05) is 18.8 Å². The minimum Gasteiger partial charge on any atom is -0.408 e. The van der Waals surface area contributed by atoms with Crippen molar-refractivity contribution in [3.63, 3.8) is 0 Å². The molecule has 0 saturated carbocycles. The number of hydrogen-bond acceptors (Lipinski definition) is 5. The SMILES string of the molecule is Cc1cc(C)cc(NC(=O)[C@@H](CC(C)C)NS(=O)(=O)c2ccc3c(c2)oc(=O)n3C)c1. The van der Waals surface area contributed by atoms with Gasteiger partial charge >= 0.3 is 5.76 Å². The van der Waals surface area contributed by atoms with E-state index in [1.165, 1.54) is 29.8 Å². The molecule has 0 aliphatic carbocycles. The minimum atomic E-state index is -4.04. The minimum absolute atomic E-state index is 0.0762. The van der Waals surface area contributed by atoms with Crippen LogP contribution in [0.4, 0.5) is 5.69 Å². The van der Waals surface area contributed by atoms with Crippen LogP contribution in [0.5, 0.6) is 0 Å². The summed E-state index contributed by atoms with van der Waals surface area (Å²) in [7, 11) is -2.50. The Hall–Kier alpha value is -2.91. The fourth-order valence-corrected chi connectivity index (χ4v) is 4.72. The van der Waals surface area contributed by atoms with E-state index in [0.29, 0.717) is 17.6 Å². The quantitative estimate of drug-likeness (QED) is 0.581. The summed E-state index contributed by atoms with van der Waals surface area (Å²) in [6.45, 7) is 7.68. The maximum atomic E-state index is 13.0. The number of aromatic nitrogens is 1. The van der Waals surface area contributed by atoms with Crippen molar-refractivity contribution < 1.29 is 17.6 Å². The van der Waals surface area contributed by atoms with Crippen LogP contribution in [0.25, 0.3) is 11.1 Å². The van der Waals surface area contributed by atoms with E-state index in [1.807, 2.05) is 45.9 Å². The van der Waals surface area contributed by atoms with E-state index in [4.69, 9.17) is 4.42 Å². The second-order valence-corrected chi connectivity index (χ2v) is 9.94. The Morgan fingerprint density at radius 1 is 1.10 bits per heavy atom. The van der Waals surface area contributed by atoms with Gasteiger partial charge in [-0.2, -0.15) is 4.72 Å². The van der Waals surface area contributed by atoms with E-state index in [1.54, 1.807) is 0 Å². The summed E-state index contributed by atoms with van der Waals surface area (Å²) in [5.74, 6) is -0.940. The van der Waals surface area contributed by atoms with Crippen LogP contribution < -0.4 is 15.8 Å². The molecular formula is C22H27N3O5S. The van der Waals surface area contributed by atoms with Gasteiger partial charge in [-0.05, 0) is 61.6 Å². The van der Waals surface area contributed by atoms with E-state index in [-0.39, 0.29) is 16.4 Å². The number of anilines is 1. The molecule has 3 aromatic rings. The zero-order chi connectivity index (χ0) is 22.9. The lowest BCUT2D eigenvalue weighted by Crippen LogP contribution is -2.44. The maximum absolute atomic E-state index is 13.0. The number of sulfonamides is 1. The number of aryl methyl sites for hydroxylation is 3. The number of carbonyl (C=O) groups is 1. The average molecular weight is 446 g/mol. The number of carbonyl (C=O) groups excluding carboxylic acids is 1. The summed E-state index contributed by atoms with van der Waals surface area (Å²) < 4.78 is 34.9. The van der Waals surface area contributed by atoms with Crippen LogP contribution in [0.15, 0.2) is 50.5 Å². The lowest BCUT2D eigenvalue weighted by molar-refractivity contribution is -0.118. The van der Waals surface area contributed by atoms with E-state index in [9.17, 15) is 18.0 Å². The molecule has 8 nitrogen and oxygen atoms in total. The van der Waals surface area contributed by atoms with E-state index in [0.717, 1.165) is 11.1 Å². The highest BCUT2D eigenvalue weighted by atomic mass is 32.2. The summed E-state index contributed by atoms with van der Waals surface area (Å²) in [6.07, 6.45) is 0.318. The normalized spacial score (nSPS) is 13.0. The summed E-state index contributed by atoms with van der Waals surface area (Å²) in [5, 5.41) is 2.81. The molecule has 1 heterocycles. The third-order valence-corrected chi connectivity index (χ3v) is 6.35. The number of benzene rings is 2. The molecule has 0 fully saturated rings. The van der Waals surface area contributed by atoms with Gasteiger partial charge in [0.25, 0.3) is 0 Å². The van der Waals surface area contributed by atoms with E-state index in [2.05, 4.69) is 10.0 Å². The fraction of sp³-hybridized carbons (Fsp3) is 0.364. The molecule has 1 amide bonds. The topological polar surface area (TPSA) is 110 Å². The van der Waals surface area contributed by atoms with Gasteiger partial charge in [0.2, 0.25) is 15.9 Å². The van der Waals surface area contributed by atoms with Gasteiger partial charge in [-0.25, -0.2) is 13.2 Å². The smallest absolute Gasteiger partial charge is 0.408 e. The Balaban J connectivity index is 1.88. The number of nitrogens with zero attached hydrogens (tertiary/aromatic N) is 1. The van der Waals surface area contributed by atoms with Crippen LogP contribution in [0.3, 0.4) is 0 Å². The lowest BCUT2D eigenvalue weighted by Gasteiger charge is -2.20. The summed E-state index contributed by atoms with van der Waals surface area (Å²) in [4.78, 5) is 24.5. The van der Waals surface area contributed by atoms with Crippen molar-refractivity contribution in [3.05, 3.63) is 58.1 Å². The van der Waals surface area contributed by atoms with Gasteiger partial charge in [0.05, 0.1) is 10.4 Å². The third-order valence-electron chi connectivity index (χ3n) is 4.88. The van der Waals surface area contributed by atoms with Crippen molar-refractivity contribution in [3.8, 4) is 0 Å². The molecule has 2 N–H and O–H groups in total. The van der Waals surface area contributed by atoms with Gasteiger partial charge < -0.3 is 9.73 Å². The largest absolute Gasteiger partial charge is 0.419 e. The fourth-order valence-electron chi connectivity index (χ4n) is 3.49. The number of fused-ring (bicyclic) bond motifs is 1. The molecule has 0 unspecified atom stereocenters. The molecule has 9 heteroatoms. The number of nitrogens with one attached hydrogen (secondary N) is 2. The predicted molar refractivity (Wildman–Crippen MR) is 120 cm³/mol. The Morgan fingerprint density at radius 3 is 2.35 bits per heavy atom. The molecule has 0 saturated heterocycles. The molecule has 0 aliphatic heterocycles. The second kappa shape index (κ2) is 8.68. The molecule has 0 spiro atoms.